The molecular weight excluding hydrogens is 220 g/mol. The highest BCUT2D eigenvalue weighted by molar-refractivity contribution is 5.84. The Bertz CT molecular complexity index is 374. The van der Waals surface area contributed by atoms with Crippen molar-refractivity contribution in [3.63, 3.8) is 0 Å². The van der Waals surface area contributed by atoms with E-state index in [0.717, 1.165) is 6.54 Å². The van der Waals surface area contributed by atoms with Gasteiger partial charge in [0, 0.05) is 12.6 Å². The van der Waals surface area contributed by atoms with Gasteiger partial charge in [-0.2, -0.15) is 0 Å². The van der Waals surface area contributed by atoms with Gasteiger partial charge in [-0.15, -0.1) is 0 Å². The highest BCUT2D eigenvalue weighted by atomic mass is 16.4. The molecule has 0 aliphatic carbocycles. The molecule has 1 aromatic heterocycles. The van der Waals surface area contributed by atoms with Crippen molar-refractivity contribution in [1.29, 1.82) is 0 Å². The molecule has 0 radical (unpaired) electrons. The molecule has 0 bridgehead atoms. The average molecular weight is 240 g/mol. The van der Waals surface area contributed by atoms with Crippen LogP contribution in [0.2, 0.25) is 0 Å². The van der Waals surface area contributed by atoms with E-state index in [1.54, 1.807) is 6.07 Å². The normalized spacial score (nSPS) is 14.9. The first-order valence-corrected chi connectivity index (χ1v) is 5.64. The van der Waals surface area contributed by atoms with E-state index in [0.29, 0.717) is 11.8 Å². The molecular formula is C12H20N2O3. The van der Waals surface area contributed by atoms with Crippen molar-refractivity contribution in [1.82, 2.24) is 10.2 Å². The van der Waals surface area contributed by atoms with E-state index in [-0.39, 0.29) is 11.8 Å². The lowest BCUT2D eigenvalue weighted by molar-refractivity contribution is 0.0659. The Balaban J connectivity index is 2.52. The summed E-state index contributed by atoms with van der Waals surface area (Å²) in [7, 11) is 4.04. The second-order valence-electron chi connectivity index (χ2n) is 4.45. The van der Waals surface area contributed by atoms with Gasteiger partial charge in [-0.05, 0) is 40.1 Å². The van der Waals surface area contributed by atoms with Crippen LogP contribution in [0, 0.1) is 0 Å². The highest BCUT2D eigenvalue weighted by Gasteiger charge is 2.14. The minimum Gasteiger partial charge on any atom is -0.475 e. The SMILES string of the molecule is CC(NCC(C)N(C)C)c1ccc(C(=O)O)o1. The summed E-state index contributed by atoms with van der Waals surface area (Å²) in [6.07, 6.45) is 0. The van der Waals surface area contributed by atoms with Gasteiger partial charge in [-0.3, -0.25) is 0 Å². The van der Waals surface area contributed by atoms with Crippen molar-refractivity contribution < 1.29 is 14.3 Å². The summed E-state index contributed by atoms with van der Waals surface area (Å²) in [4.78, 5) is 12.8. The van der Waals surface area contributed by atoms with Gasteiger partial charge in [0.2, 0.25) is 5.76 Å². The minimum atomic E-state index is -1.04. The molecule has 0 amide bonds. The maximum atomic E-state index is 10.7. The fourth-order valence-corrected chi connectivity index (χ4v) is 1.33. The molecule has 1 rings (SSSR count). The van der Waals surface area contributed by atoms with Crippen molar-refractivity contribution in [2.75, 3.05) is 20.6 Å². The number of aromatic carboxylic acids is 1. The third kappa shape index (κ3) is 3.87. The van der Waals surface area contributed by atoms with Crippen LogP contribution in [0.4, 0.5) is 0 Å². The zero-order valence-corrected chi connectivity index (χ0v) is 10.7. The van der Waals surface area contributed by atoms with Gasteiger partial charge in [0.05, 0.1) is 6.04 Å². The zero-order chi connectivity index (χ0) is 13.0. The Kier molecular flexibility index (Phi) is 4.72. The lowest BCUT2D eigenvalue weighted by Gasteiger charge is -2.22. The molecule has 0 saturated heterocycles. The number of carbonyl (C=O) groups is 1. The Morgan fingerprint density at radius 1 is 1.47 bits per heavy atom. The molecule has 1 heterocycles. The van der Waals surface area contributed by atoms with Gasteiger partial charge >= 0.3 is 5.97 Å². The second kappa shape index (κ2) is 5.84. The molecule has 0 aliphatic heterocycles. The Morgan fingerprint density at radius 2 is 2.12 bits per heavy atom. The summed E-state index contributed by atoms with van der Waals surface area (Å²) in [5.74, 6) is -0.409. The molecule has 5 heteroatoms. The van der Waals surface area contributed by atoms with Crippen LogP contribution in [-0.2, 0) is 0 Å². The predicted molar refractivity (Wildman–Crippen MR) is 65.2 cm³/mol. The van der Waals surface area contributed by atoms with Crippen LogP contribution in [0.1, 0.15) is 36.2 Å². The van der Waals surface area contributed by atoms with Crippen molar-refractivity contribution in [3.05, 3.63) is 23.7 Å². The molecule has 0 fully saturated rings. The Hall–Kier alpha value is -1.33. The lowest BCUT2D eigenvalue weighted by Crippen LogP contribution is -2.36. The van der Waals surface area contributed by atoms with E-state index in [4.69, 9.17) is 9.52 Å². The zero-order valence-electron chi connectivity index (χ0n) is 10.7. The van der Waals surface area contributed by atoms with Crippen LogP contribution < -0.4 is 5.32 Å². The Morgan fingerprint density at radius 3 is 2.59 bits per heavy atom. The number of hydrogen-bond donors (Lipinski definition) is 2. The summed E-state index contributed by atoms with van der Waals surface area (Å²) in [5.41, 5.74) is 0. The molecule has 17 heavy (non-hydrogen) atoms. The summed E-state index contributed by atoms with van der Waals surface area (Å²) < 4.78 is 5.22. The number of furan rings is 1. The topological polar surface area (TPSA) is 65.7 Å². The predicted octanol–water partition coefficient (Wildman–Crippen LogP) is 1.58. The fraction of sp³-hybridized carbons (Fsp3) is 0.583. The summed E-state index contributed by atoms with van der Waals surface area (Å²) in [6.45, 7) is 4.88. The van der Waals surface area contributed by atoms with E-state index in [1.807, 2.05) is 21.0 Å². The second-order valence-corrected chi connectivity index (χ2v) is 4.45. The van der Waals surface area contributed by atoms with Gasteiger partial charge < -0.3 is 19.7 Å². The Labute approximate surface area is 101 Å². The lowest BCUT2D eigenvalue weighted by atomic mass is 10.2. The summed E-state index contributed by atoms with van der Waals surface area (Å²) in [6, 6.07) is 3.59. The first kappa shape index (κ1) is 13.7. The maximum Gasteiger partial charge on any atom is 0.371 e. The third-order valence-electron chi connectivity index (χ3n) is 2.87. The number of likely N-dealkylation sites (N-methyl/N-ethyl adjacent to an activating group) is 1. The number of hydrogen-bond acceptors (Lipinski definition) is 4. The molecule has 1 aromatic rings. The van der Waals surface area contributed by atoms with Gasteiger partial charge in [0.15, 0.2) is 0 Å². The van der Waals surface area contributed by atoms with Gasteiger partial charge in [-0.25, -0.2) is 4.79 Å². The number of nitrogens with zero attached hydrogens (tertiary/aromatic N) is 1. The number of carboxylic acids is 1. The quantitative estimate of drug-likeness (QED) is 0.790. The minimum absolute atomic E-state index is 0.00509. The molecule has 2 unspecified atom stereocenters. The first-order valence-electron chi connectivity index (χ1n) is 5.64. The van der Waals surface area contributed by atoms with Crippen LogP contribution in [0.15, 0.2) is 16.5 Å². The molecule has 0 spiro atoms. The van der Waals surface area contributed by atoms with Crippen molar-refractivity contribution in [2.45, 2.75) is 25.9 Å². The van der Waals surface area contributed by atoms with E-state index < -0.39 is 5.97 Å². The molecule has 5 nitrogen and oxygen atoms in total. The van der Waals surface area contributed by atoms with E-state index in [2.05, 4.69) is 17.1 Å². The van der Waals surface area contributed by atoms with Crippen molar-refractivity contribution >= 4 is 5.97 Å². The molecule has 96 valence electrons. The van der Waals surface area contributed by atoms with Gasteiger partial charge in [-0.1, -0.05) is 0 Å². The molecule has 2 N–H and O–H groups in total. The van der Waals surface area contributed by atoms with E-state index in [1.165, 1.54) is 6.07 Å². The highest BCUT2D eigenvalue weighted by Crippen LogP contribution is 2.16. The van der Waals surface area contributed by atoms with E-state index >= 15 is 0 Å². The molecule has 0 aromatic carbocycles. The summed E-state index contributed by atoms with van der Waals surface area (Å²) >= 11 is 0. The van der Waals surface area contributed by atoms with Crippen molar-refractivity contribution in [3.8, 4) is 0 Å². The van der Waals surface area contributed by atoms with Gasteiger partial charge in [0.1, 0.15) is 5.76 Å². The van der Waals surface area contributed by atoms with Gasteiger partial charge in [0.25, 0.3) is 0 Å². The average Bonchev–Trinajstić information content (AvgIpc) is 2.74. The maximum absolute atomic E-state index is 10.7. The third-order valence-corrected chi connectivity index (χ3v) is 2.87. The monoisotopic (exact) mass is 240 g/mol. The van der Waals surface area contributed by atoms with Crippen LogP contribution >= 0.6 is 0 Å². The number of nitrogens with one attached hydrogen (secondary N) is 1. The van der Waals surface area contributed by atoms with Crippen LogP contribution in [-0.4, -0.2) is 42.7 Å². The van der Waals surface area contributed by atoms with E-state index in [9.17, 15) is 4.79 Å². The van der Waals surface area contributed by atoms with Crippen molar-refractivity contribution in [2.24, 2.45) is 0 Å². The molecule has 0 saturated carbocycles. The molecule has 2 atom stereocenters. The van der Waals surface area contributed by atoms with Crippen LogP contribution in [0.25, 0.3) is 0 Å². The summed E-state index contributed by atoms with van der Waals surface area (Å²) in [5, 5.41) is 12.1. The van der Waals surface area contributed by atoms with Crippen LogP contribution in [0.5, 0.6) is 0 Å². The number of carboxylic acid groups (broad SMARTS) is 1. The fourth-order valence-electron chi connectivity index (χ4n) is 1.33. The molecule has 0 aliphatic rings. The first-order chi connectivity index (χ1) is 7.91. The smallest absolute Gasteiger partial charge is 0.371 e. The largest absolute Gasteiger partial charge is 0.475 e. The number of rotatable bonds is 6. The standard InChI is InChI=1S/C12H20N2O3/c1-8(14(3)4)7-13-9(2)10-5-6-11(17-10)12(15)16/h5-6,8-9,13H,7H2,1-4H3,(H,15,16). The van der Waals surface area contributed by atoms with Crippen LogP contribution in [0.3, 0.4) is 0 Å².